The Kier molecular flexibility index (Phi) is 5.56. The van der Waals surface area contributed by atoms with Gasteiger partial charge < -0.3 is 10.6 Å². The zero-order chi connectivity index (χ0) is 15.5. The number of nitrogens with one attached hydrogen (secondary N) is 2. The van der Waals surface area contributed by atoms with Crippen LogP contribution < -0.4 is 10.6 Å². The van der Waals surface area contributed by atoms with Crippen molar-refractivity contribution in [1.29, 1.82) is 0 Å². The number of rotatable bonds is 5. The van der Waals surface area contributed by atoms with Gasteiger partial charge in [-0.1, -0.05) is 6.42 Å². The first-order valence-electron chi connectivity index (χ1n) is 6.96. The van der Waals surface area contributed by atoms with E-state index in [1.54, 1.807) is 20.9 Å². The lowest BCUT2D eigenvalue weighted by molar-refractivity contribution is -0.126. The third kappa shape index (κ3) is 3.50. The van der Waals surface area contributed by atoms with Gasteiger partial charge in [0.25, 0.3) is 0 Å². The molecular formula is C13H24N2O4S. The third-order valence-electron chi connectivity index (χ3n) is 3.95. The molecule has 0 spiro atoms. The van der Waals surface area contributed by atoms with Crippen LogP contribution in [0, 0.1) is 5.92 Å². The lowest BCUT2D eigenvalue weighted by Crippen LogP contribution is -2.48. The predicted octanol–water partition coefficient (Wildman–Crippen LogP) is 0.229. The number of amides is 2. The van der Waals surface area contributed by atoms with Crippen LogP contribution in [0.25, 0.3) is 0 Å². The summed E-state index contributed by atoms with van der Waals surface area (Å²) in [6, 6.07) is -0.271. The van der Waals surface area contributed by atoms with Gasteiger partial charge in [0.05, 0.1) is 11.2 Å². The van der Waals surface area contributed by atoms with Crippen LogP contribution in [0.3, 0.4) is 0 Å². The lowest BCUT2D eigenvalue weighted by Gasteiger charge is -2.22. The van der Waals surface area contributed by atoms with E-state index in [9.17, 15) is 18.0 Å². The van der Waals surface area contributed by atoms with E-state index in [-0.39, 0.29) is 17.9 Å². The Hall–Kier alpha value is -1.11. The molecule has 0 bridgehead atoms. The fourth-order valence-electron chi connectivity index (χ4n) is 2.49. The summed E-state index contributed by atoms with van der Waals surface area (Å²) < 4.78 is 24.0. The fraction of sp³-hybridized carbons (Fsp3) is 0.846. The van der Waals surface area contributed by atoms with Gasteiger partial charge in [0.2, 0.25) is 11.8 Å². The van der Waals surface area contributed by atoms with Crippen molar-refractivity contribution >= 4 is 21.7 Å². The van der Waals surface area contributed by atoms with Crippen molar-refractivity contribution in [2.24, 2.45) is 5.92 Å². The molecular weight excluding hydrogens is 280 g/mol. The summed E-state index contributed by atoms with van der Waals surface area (Å²) in [7, 11) is -1.91. The Labute approximate surface area is 120 Å². The van der Waals surface area contributed by atoms with Crippen LogP contribution in [0.5, 0.6) is 0 Å². The van der Waals surface area contributed by atoms with E-state index in [4.69, 9.17) is 0 Å². The minimum Gasteiger partial charge on any atom is -0.359 e. The molecule has 1 rings (SSSR count). The van der Waals surface area contributed by atoms with Crippen LogP contribution in [-0.4, -0.2) is 43.8 Å². The molecule has 2 N–H and O–H groups in total. The second-order valence-electron chi connectivity index (χ2n) is 5.55. The summed E-state index contributed by atoms with van der Waals surface area (Å²) in [5.41, 5.74) is 0. The SMILES string of the molecule is CNC(=O)C1CCCC1NC(=O)C(C)S(=O)(=O)C(C)C. The average Bonchev–Trinajstić information content (AvgIpc) is 2.84. The van der Waals surface area contributed by atoms with Crippen molar-refractivity contribution < 1.29 is 18.0 Å². The van der Waals surface area contributed by atoms with Crippen LogP contribution in [0.4, 0.5) is 0 Å². The van der Waals surface area contributed by atoms with Gasteiger partial charge in [-0.15, -0.1) is 0 Å². The standard InChI is InChI=1S/C13H24N2O4S/c1-8(2)20(18,19)9(3)12(16)15-11-7-5-6-10(11)13(17)14-4/h8-11H,5-7H2,1-4H3,(H,14,17)(H,15,16). The molecule has 1 aliphatic carbocycles. The Morgan fingerprint density at radius 3 is 2.25 bits per heavy atom. The Morgan fingerprint density at radius 2 is 1.75 bits per heavy atom. The van der Waals surface area contributed by atoms with Crippen LogP contribution in [0.2, 0.25) is 0 Å². The summed E-state index contributed by atoms with van der Waals surface area (Å²) in [5, 5.41) is 3.62. The molecule has 7 heteroatoms. The molecule has 3 unspecified atom stereocenters. The largest absolute Gasteiger partial charge is 0.359 e. The molecule has 1 fully saturated rings. The van der Waals surface area contributed by atoms with Gasteiger partial charge in [0, 0.05) is 13.1 Å². The molecule has 0 saturated heterocycles. The van der Waals surface area contributed by atoms with Gasteiger partial charge in [-0.3, -0.25) is 9.59 Å². The monoisotopic (exact) mass is 304 g/mol. The van der Waals surface area contributed by atoms with Gasteiger partial charge in [-0.2, -0.15) is 0 Å². The van der Waals surface area contributed by atoms with E-state index in [1.807, 2.05) is 0 Å². The molecule has 1 saturated carbocycles. The second kappa shape index (κ2) is 6.56. The summed E-state index contributed by atoms with van der Waals surface area (Å²) in [6.07, 6.45) is 2.28. The van der Waals surface area contributed by atoms with Crippen LogP contribution >= 0.6 is 0 Å². The number of hydrogen-bond donors (Lipinski definition) is 2. The smallest absolute Gasteiger partial charge is 0.238 e. The maximum Gasteiger partial charge on any atom is 0.238 e. The summed E-state index contributed by atoms with van der Waals surface area (Å²) in [4.78, 5) is 23.8. The molecule has 0 radical (unpaired) electrons. The molecule has 2 amide bonds. The normalized spacial score (nSPS) is 24.4. The Morgan fingerprint density at radius 1 is 1.15 bits per heavy atom. The quantitative estimate of drug-likeness (QED) is 0.760. The average molecular weight is 304 g/mol. The highest BCUT2D eigenvalue weighted by atomic mass is 32.2. The van der Waals surface area contributed by atoms with E-state index in [0.717, 1.165) is 12.8 Å². The Balaban J connectivity index is 2.73. The van der Waals surface area contributed by atoms with E-state index < -0.39 is 26.2 Å². The van der Waals surface area contributed by atoms with Crippen molar-refractivity contribution in [3.63, 3.8) is 0 Å². The maximum atomic E-state index is 12.1. The maximum absolute atomic E-state index is 12.1. The van der Waals surface area contributed by atoms with Crippen molar-refractivity contribution in [2.45, 2.75) is 56.6 Å². The molecule has 0 aliphatic heterocycles. The van der Waals surface area contributed by atoms with Crippen LogP contribution in [0.15, 0.2) is 0 Å². The van der Waals surface area contributed by atoms with Gasteiger partial charge >= 0.3 is 0 Å². The van der Waals surface area contributed by atoms with Gasteiger partial charge in [-0.05, 0) is 33.6 Å². The molecule has 20 heavy (non-hydrogen) atoms. The molecule has 6 nitrogen and oxygen atoms in total. The lowest BCUT2D eigenvalue weighted by atomic mass is 10.0. The highest BCUT2D eigenvalue weighted by Gasteiger charge is 2.37. The van der Waals surface area contributed by atoms with Gasteiger partial charge in [0.15, 0.2) is 9.84 Å². The van der Waals surface area contributed by atoms with Gasteiger partial charge in [0.1, 0.15) is 5.25 Å². The van der Waals surface area contributed by atoms with E-state index in [0.29, 0.717) is 6.42 Å². The third-order valence-corrected chi connectivity index (χ3v) is 6.46. The summed E-state index contributed by atoms with van der Waals surface area (Å²) in [6.45, 7) is 4.51. The molecule has 0 aromatic heterocycles. The minimum atomic E-state index is -3.47. The first-order valence-corrected chi connectivity index (χ1v) is 8.57. The summed E-state index contributed by atoms with van der Waals surface area (Å²) in [5.74, 6) is -0.885. The highest BCUT2D eigenvalue weighted by Crippen LogP contribution is 2.26. The van der Waals surface area contributed by atoms with Crippen molar-refractivity contribution in [3.05, 3.63) is 0 Å². The first kappa shape index (κ1) is 16.9. The Bertz CT molecular complexity index is 473. The van der Waals surface area contributed by atoms with E-state index in [2.05, 4.69) is 10.6 Å². The van der Waals surface area contributed by atoms with Crippen LogP contribution in [0.1, 0.15) is 40.0 Å². The van der Waals surface area contributed by atoms with E-state index in [1.165, 1.54) is 6.92 Å². The number of hydrogen-bond acceptors (Lipinski definition) is 4. The van der Waals surface area contributed by atoms with Crippen molar-refractivity contribution in [3.8, 4) is 0 Å². The zero-order valence-electron chi connectivity index (χ0n) is 12.5. The number of carbonyl (C=O) groups excluding carboxylic acids is 2. The van der Waals surface area contributed by atoms with Crippen molar-refractivity contribution in [1.82, 2.24) is 10.6 Å². The second-order valence-corrected chi connectivity index (χ2v) is 8.37. The minimum absolute atomic E-state index is 0.104. The number of carbonyl (C=O) groups is 2. The zero-order valence-corrected chi connectivity index (χ0v) is 13.3. The molecule has 3 atom stereocenters. The molecule has 0 aromatic carbocycles. The molecule has 0 aromatic rings. The molecule has 0 heterocycles. The van der Waals surface area contributed by atoms with Crippen LogP contribution in [-0.2, 0) is 19.4 Å². The predicted molar refractivity (Wildman–Crippen MR) is 76.9 cm³/mol. The fourth-order valence-corrected chi connectivity index (χ4v) is 3.67. The number of sulfone groups is 1. The molecule has 116 valence electrons. The molecule has 1 aliphatic rings. The van der Waals surface area contributed by atoms with Gasteiger partial charge in [-0.25, -0.2) is 8.42 Å². The topological polar surface area (TPSA) is 92.3 Å². The van der Waals surface area contributed by atoms with E-state index >= 15 is 0 Å². The van der Waals surface area contributed by atoms with Crippen molar-refractivity contribution in [2.75, 3.05) is 7.05 Å². The first-order chi connectivity index (χ1) is 9.21. The highest BCUT2D eigenvalue weighted by molar-refractivity contribution is 7.93. The summed E-state index contributed by atoms with van der Waals surface area (Å²) >= 11 is 0.